The Kier molecular flexibility index (Phi) is 4.30. The van der Waals surface area contributed by atoms with E-state index in [0.29, 0.717) is 11.6 Å². The topological polar surface area (TPSA) is 80.2 Å². The van der Waals surface area contributed by atoms with Crippen molar-refractivity contribution in [3.63, 3.8) is 0 Å². The van der Waals surface area contributed by atoms with Crippen LogP contribution in [0.1, 0.15) is 11.3 Å². The van der Waals surface area contributed by atoms with E-state index in [0.717, 1.165) is 33.6 Å². The highest BCUT2D eigenvalue weighted by atomic mass is 16.5. The van der Waals surface area contributed by atoms with Gasteiger partial charge in [0.25, 0.3) is 0 Å². The number of benzene rings is 2. The number of phenols is 1. The number of nitrogens with zero attached hydrogens (tertiary/aromatic N) is 3. The van der Waals surface area contributed by atoms with Gasteiger partial charge < -0.3 is 15.2 Å². The van der Waals surface area contributed by atoms with Gasteiger partial charge in [0, 0.05) is 16.8 Å². The van der Waals surface area contributed by atoms with E-state index in [-0.39, 0.29) is 5.75 Å². The van der Waals surface area contributed by atoms with Crippen molar-refractivity contribution in [3.05, 3.63) is 72.3 Å². The summed E-state index contributed by atoms with van der Waals surface area (Å²) < 4.78 is 5.91. The van der Waals surface area contributed by atoms with E-state index < -0.39 is 0 Å². The molecular weight excluding hydrogens is 340 g/mol. The average molecular weight is 358 g/mol. The van der Waals surface area contributed by atoms with Crippen LogP contribution in [-0.4, -0.2) is 20.1 Å². The molecule has 2 aromatic carbocycles. The van der Waals surface area contributed by atoms with Crippen LogP contribution >= 0.6 is 0 Å². The number of aryl methyl sites for hydroxylation is 2. The maximum atomic E-state index is 9.75. The van der Waals surface area contributed by atoms with E-state index >= 15 is 0 Å². The Morgan fingerprint density at radius 2 is 1.81 bits per heavy atom. The highest BCUT2D eigenvalue weighted by Gasteiger charge is 2.08. The third-order valence-electron chi connectivity index (χ3n) is 4.17. The first-order valence-corrected chi connectivity index (χ1v) is 8.50. The SMILES string of the molecule is Cc1ccc(Oc2ccc(Nc3ncnc4ccc(O)cc34)cc2C)cn1. The van der Waals surface area contributed by atoms with Crippen LogP contribution in [0.4, 0.5) is 11.5 Å². The van der Waals surface area contributed by atoms with Gasteiger partial charge in [0.2, 0.25) is 0 Å². The van der Waals surface area contributed by atoms with E-state index in [1.54, 1.807) is 24.4 Å². The van der Waals surface area contributed by atoms with Gasteiger partial charge in [0.1, 0.15) is 29.4 Å². The molecule has 0 radical (unpaired) electrons. The van der Waals surface area contributed by atoms with Crippen LogP contribution in [0.25, 0.3) is 10.9 Å². The molecule has 0 saturated heterocycles. The second kappa shape index (κ2) is 6.92. The Bertz CT molecular complexity index is 1110. The number of hydrogen-bond donors (Lipinski definition) is 2. The molecule has 0 spiro atoms. The fourth-order valence-corrected chi connectivity index (χ4v) is 2.76. The lowest BCUT2D eigenvalue weighted by atomic mass is 10.2. The summed E-state index contributed by atoms with van der Waals surface area (Å²) in [5, 5.41) is 13.8. The predicted molar refractivity (Wildman–Crippen MR) is 105 cm³/mol. The van der Waals surface area contributed by atoms with Crippen LogP contribution in [0.5, 0.6) is 17.2 Å². The molecule has 0 aliphatic heterocycles. The smallest absolute Gasteiger partial charge is 0.145 e. The summed E-state index contributed by atoms with van der Waals surface area (Å²) in [5.41, 5.74) is 3.54. The van der Waals surface area contributed by atoms with Crippen LogP contribution in [-0.2, 0) is 0 Å². The number of fused-ring (bicyclic) bond motifs is 1. The molecule has 0 saturated carbocycles. The predicted octanol–water partition coefficient (Wildman–Crippen LogP) is 4.88. The highest BCUT2D eigenvalue weighted by molar-refractivity contribution is 5.91. The van der Waals surface area contributed by atoms with Crippen LogP contribution < -0.4 is 10.1 Å². The summed E-state index contributed by atoms with van der Waals surface area (Å²) >= 11 is 0. The minimum absolute atomic E-state index is 0.173. The Morgan fingerprint density at radius 3 is 2.59 bits per heavy atom. The van der Waals surface area contributed by atoms with Gasteiger partial charge in [-0.25, -0.2) is 9.97 Å². The molecule has 2 heterocycles. The van der Waals surface area contributed by atoms with Gasteiger partial charge in [0.15, 0.2) is 0 Å². The molecule has 0 amide bonds. The van der Waals surface area contributed by atoms with Gasteiger partial charge in [-0.05, 0) is 67.9 Å². The summed E-state index contributed by atoms with van der Waals surface area (Å²) in [6, 6.07) is 14.6. The molecule has 4 rings (SSSR count). The minimum Gasteiger partial charge on any atom is -0.508 e. The molecule has 0 bridgehead atoms. The van der Waals surface area contributed by atoms with Crippen molar-refractivity contribution in [2.24, 2.45) is 0 Å². The first kappa shape index (κ1) is 16.8. The number of rotatable bonds is 4. The normalized spacial score (nSPS) is 10.7. The van der Waals surface area contributed by atoms with Crippen molar-refractivity contribution in [2.45, 2.75) is 13.8 Å². The van der Waals surface area contributed by atoms with E-state index in [4.69, 9.17) is 4.74 Å². The molecule has 0 unspecified atom stereocenters. The lowest BCUT2D eigenvalue weighted by Gasteiger charge is -2.12. The quantitative estimate of drug-likeness (QED) is 0.541. The molecule has 0 atom stereocenters. The van der Waals surface area contributed by atoms with Gasteiger partial charge in [-0.1, -0.05) is 0 Å². The zero-order valence-electron chi connectivity index (χ0n) is 15.0. The molecule has 4 aromatic rings. The molecule has 6 heteroatoms. The van der Waals surface area contributed by atoms with Crippen molar-refractivity contribution < 1.29 is 9.84 Å². The number of pyridine rings is 1. The van der Waals surface area contributed by atoms with Crippen LogP contribution in [0.2, 0.25) is 0 Å². The molecule has 2 aromatic heterocycles. The molecule has 6 nitrogen and oxygen atoms in total. The highest BCUT2D eigenvalue weighted by Crippen LogP contribution is 2.30. The maximum absolute atomic E-state index is 9.75. The Morgan fingerprint density at radius 1 is 0.926 bits per heavy atom. The van der Waals surface area contributed by atoms with Crippen molar-refractivity contribution >= 4 is 22.4 Å². The molecule has 0 aliphatic rings. The molecule has 27 heavy (non-hydrogen) atoms. The third-order valence-corrected chi connectivity index (χ3v) is 4.17. The fourth-order valence-electron chi connectivity index (χ4n) is 2.76. The van der Waals surface area contributed by atoms with E-state index in [2.05, 4.69) is 20.3 Å². The number of phenolic OH excluding ortho intramolecular Hbond substituents is 1. The van der Waals surface area contributed by atoms with Crippen molar-refractivity contribution in [1.82, 2.24) is 15.0 Å². The second-order valence-electron chi connectivity index (χ2n) is 6.27. The number of hydrogen-bond acceptors (Lipinski definition) is 6. The van der Waals surface area contributed by atoms with E-state index in [1.165, 1.54) is 6.33 Å². The summed E-state index contributed by atoms with van der Waals surface area (Å²) in [5.74, 6) is 2.26. The van der Waals surface area contributed by atoms with Gasteiger partial charge in [-0.3, -0.25) is 4.98 Å². The summed E-state index contributed by atoms with van der Waals surface area (Å²) in [6.07, 6.45) is 3.21. The first-order chi connectivity index (χ1) is 13.1. The summed E-state index contributed by atoms with van der Waals surface area (Å²) in [7, 11) is 0. The number of aromatic nitrogens is 3. The van der Waals surface area contributed by atoms with Crippen molar-refractivity contribution in [2.75, 3.05) is 5.32 Å². The Balaban J connectivity index is 1.60. The average Bonchev–Trinajstić information content (AvgIpc) is 2.66. The zero-order chi connectivity index (χ0) is 18.8. The van der Waals surface area contributed by atoms with E-state index in [1.807, 2.05) is 44.2 Å². The van der Waals surface area contributed by atoms with Gasteiger partial charge >= 0.3 is 0 Å². The number of ether oxygens (including phenoxy) is 1. The van der Waals surface area contributed by atoms with Gasteiger partial charge in [-0.2, -0.15) is 0 Å². The maximum Gasteiger partial charge on any atom is 0.145 e. The van der Waals surface area contributed by atoms with E-state index in [9.17, 15) is 5.11 Å². The lowest BCUT2D eigenvalue weighted by molar-refractivity contribution is 0.476. The van der Waals surface area contributed by atoms with Gasteiger partial charge in [0.05, 0.1) is 11.7 Å². The molecule has 2 N–H and O–H groups in total. The Hall–Kier alpha value is -3.67. The van der Waals surface area contributed by atoms with Crippen LogP contribution in [0.15, 0.2) is 61.1 Å². The zero-order valence-corrected chi connectivity index (χ0v) is 15.0. The number of nitrogens with one attached hydrogen (secondary N) is 1. The van der Waals surface area contributed by atoms with Crippen molar-refractivity contribution in [3.8, 4) is 17.2 Å². The third kappa shape index (κ3) is 3.64. The number of aromatic hydroxyl groups is 1. The largest absolute Gasteiger partial charge is 0.508 e. The number of anilines is 2. The standard InChI is InChI=1S/C21H18N4O2/c1-13-9-15(4-8-20(13)27-17-6-3-14(2)22-11-17)25-21-18-10-16(26)5-7-19(18)23-12-24-21/h3-12,26H,1-2H3,(H,23,24,25). The fraction of sp³-hybridized carbons (Fsp3) is 0.0952. The molecular formula is C21H18N4O2. The second-order valence-corrected chi connectivity index (χ2v) is 6.27. The van der Waals surface area contributed by atoms with Crippen LogP contribution in [0.3, 0.4) is 0 Å². The molecule has 0 fully saturated rings. The summed E-state index contributed by atoms with van der Waals surface area (Å²) in [4.78, 5) is 12.8. The molecule has 134 valence electrons. The minimum atomic E-state index is 0.173. The molecule has 0 aliphatic carbocycles. The van der Waals surface area contributed by atoms with Crippen LogP contribution in [0, 0.1) is 13.8 Å². The summed E-state index contributed by atoms with van der Waals surface area (Å²) in [6.45, 7) is 3.91. The first-order valence-electron chi connectivity index (χ1n) is 8.50. The van der Waals surface area contributed by atoms with Gasteiger partial charge in [-0.15, -0.1) is 0 Å². The monoisotopic (exact) mass is 358 g/mol. The van der Waals surface area contributed by atoms with Crippen molar-refractivity contribution in [1.29, 1.82) is 0 Å². The lowest BCUT2D eigenvalue weighted by Crippen LogP contribution is -1.97. The Labute approximate surface area is 156 Å².